The lowest BCUT2D eigenvalue weighted by Gasteiger charge is -2.24. The first kappa shape index (κ1) is 18.7. The van der Waals surface area contributed by atoms with Crippen LogP contribution >= 0.6 is 0 Å². The molecule has 1 fully saturated rings. The van der Waals surface area contributed by atoms with Crippen molar-refractivity contribution in [3.63, 3.8) is 0 Å². The highest BCUT2D eigenvalue weighted by Gasteiger charge is 2.27. The largest absolute Gasteiger partial charge is 0.354 e. The van der Waals surface area contributed by atoms with Gasteiger partial charge in [-0.3, -0.25) is 4.98 Å². The van der Waals surface area contributed by atoms with Gasteiger partial charge in [0.25, 0.3) is 10.2 Å². The molecule has 0 atom stereocenters. The number of hydrogen-bond donors (Lipinski definition) is 0. The van der Waals surface area contributed by atoms with Crippen molar-refractivity contribution in [2.45, 2.75) is 6.42 Å². The van der Waals surface area contributed by atoms with Crippen molar-refractivity contribution in [3.05, 3.63) is 36.7 Å². The molecule has 0 aliphatic carbocycles. The van der Waals surface area contributed by atoms with E-state index in [-0.39, 0.29) is 0 Å². The van der Waals surface area contributed by atoms with Gasteiger partial charge in [-0.05, 0) is 30.7 Å². The van der Waals surface area contributed by atoms with E-state index in [1.165, 1.54) is 8.61 Å². The van der Waals surface area contributed by atoms with Crippen LogP contribution in [0.5, 0.6) is 0 Å². The minimum Gasteiger partial charge on any atom is -0.354 e. The van der Waals surface area contributed by atoms with E-state index in [2.05, 4.69) is 20.1 Å². The van der Waals surface area contributed by atoms with E-state index in [0.717, 1.165) is 24.3 Å². The van der Waals surface area contributed by atoms with Crippen LogP contribution in [0.25, 0.3) is 17.0 Å². The molecule has 1 saturated heterocycles. The van der Waals surface area contributed by atoms with Gasteiger partial charge in [-0.15, -0.1) is 15.3 Å². The van der Waals surface area contributed by atoms with Crippen LogP contribution in [0.4, 0.5) is 5.82 Å². The maximum Gasteiger partial charge on any atom is 0.281 e. The van der Waals surface area contributed by atoms with Gasteiger partial charge >= 0.3 is 0 Å². The summed E-state index contributed by atoms with van der Waals surface area (Å²) in [5.74, 6) is 1.41. The Morgan fingerprint density at radius 1 is 0.964 bits per heavy atom. The number of pyridine rings is 1. The van der Waals surface area contributed by atoms with Gasteiger partial charge in [-0.1, -0.05) is 0 Å². The lowest BCUT2D eigenvalue weighted by atomic mass is 10.2. The fourth-order valence-electron chi connectivity index (χ4n) is 3.21. The fraction of sp³-hybridized carbons (Fsp3) is 0.412. The van der Waals surface area contributed by atoms with E-state index in [4.69, 9.17) is 5.10 Å². The summed E-state index contributed by atoms with van der Waals surface area (Å²) in [7, 11) is -0.297. The van der Waals surface area contributed by atoms with Gasteiger partial charge in [-0.25, -0.2) is 0 Å². The molecule has 4 rings (SSSR count). The molecule has 4 heterocycles. The number of fused-ring (bicyclic) bond motifs is 1. The van der Waals surface area contributed by atoms with Crippen molar-refractivity contribution in [2.24, 2.45) is 0 Å². The van der Waals surface area contributed by atoms with Gasteiger partial charge in [0, 0.05) is 58.2 Å². The minimum absolute atomic E-state index is 0.416. The van der Waals surface area contributed by atoms with E-state index in [9.17, 15) is 8.42 Å². The molecule has 0 aromatic carbocycles. The van der Waals surface area contributed by atoms with Crippen molar-refractivity contribution in [1.82, 2.24) is 33.4 Å². The van der Waals surface area contributed by atoms with Crippen molar-refractivity contribution in [1.29, 1.82) is 0 Å². The van der Waals surface area contributed by atoms with Gasteiger partial charge in [0.1, 0.15) is 5.82 Å². The van der Waals surface area contributed by atoms with Gasteiger partial charge in [0.05, 0.1) is 0 Å². The molecule has 0 N–H and O–H groups in total. The van der Waals surface area contributed by atoms with E-state index in [0.29, 0.717) is 31.1 Å². The quantitative estimate of drug-likeness (QED) is 0.627. The highest BCUT2D eigenvalue weighted by molar-refractivity contribution is 7.86. The van der Waals surface area contributed by atoms with Crippen LogP contribution in [-0.2, 0) is 10.2 Å². The van der Waals surface area contributed by atoms with Crippen molar-refractivity contribution >= 4 is 21.7 Å². The lowest BCUT2D eigenvalue weighted by molar-refractivity contribution is 0.390. The Labute approximate surface area is 163 Å². The van der Waals surface area contributed by atoms with Crippen LogP contribution in [0, 0.1) is 0 Å². The minimum atomic E-state index is -3.41. The van der Waals surface area contributed by atoms with Gasteiger partial charge in [-0.2, -0.15) is 21.5 Å². The van der Waals surface area contributed by atoms with Crippen LogP contribution in [0.1, 0.15) is 6.42 Å². The fourth-order valence-corrected chi connectivity index (χ4v) is 4.35. The van der Waals surface area contributed by atoms with Crippen LogP contribution in [0.2, 0.25) is 0 Å². The number of anilines is 1. The Morgan fingerprint density at radius 2 is 1.75 bits per heavy atom. The van der Waals surface area contributed by atoms with Crippen LogP contribution in [0.3, 0.4) is 0 Å². The predicted octanol–water partition coefficient (Wildman–Crippen LogP) is 0.505. The second kappa shape index (κ2) is 7.41. The Morgan fingerprint density at radius 3 is 2.50 bits per heavy atom. The number of rotatable bonds is 4. The lowest BCUT2D eigenvalue weighted by Crippen LogP contribution is -2.42. The standard InChI is InChI=1S/C17H22N8O2S/c1-22(2)28(26,27)24-11-3-10-23(12-13-24)16-5-4-15-19-20-17(25(15)21-16)14-6-8-18-9-7-14/h4-9H,3,10-13H2,1-2H3. The Bertz CT molecular complexity index is 1070. The molecule has 0 amide bonds. The molecular formula is C17H22N8O2S. The average molecular weight is 402 g/mol. The summed E-state index contributed by atoms with van der Waals surface area (Å²) in [6.45, 7) is 2.21. The van der Waals surface area contributed by atoms with Crippen LogP contribution in [0.15, 0.2) is 36.7 Å². The van der Waals surface area contributed by atoms with E-state index in [1.54, 1.807) is 31.0 Å². The second-order valence-electron chi connectivity index (χ2n) is 6.75. The molecule has 1 aliphatic rings. The SMILES string of the molecule is CN(C)S(=O)(=O)N1CCCN(c2ccc3nnc(-c4ccncc4)n3n2)CC1. The summed E-state index contributed by atoms with van der Waals surface area (Å²) in [6.07, 6.45) is 4.13. The molecule has 3 aromatic rings. The van der Waals surface area contributed by atoms with E-state index >= 15 is 0 Å². The highest BCUT2D eigenvalue weighted by Crippen LogP contribution is 2.20. The molecule has 11 heteroatoms. The molecule has 148 valence electrons. The Balaban J connectivity index is 1.61. The third-order valence-electron chi connectivity index (χ3n) is 4.75. The maximum absolute atomic E-state index is 12.4. The second-order valence-corrected chi connectivity index (χ2v) is 8.89. The van der Waals surface area contributed by atoms with E-state index < -0.39 is 10.2 Å². The summed E-state index contributed by atoms with van der Waals surface area (Å²) >= 11 is 0. The monoisotopic (exact) mass is 402 g/mol. The normalized spacial score (nSPS) is 16.6. The topological polar surface area (TPSA) is 99.8 Å². The molecule has 3 aromatic heterocycles. The molecule has 0 unspecified atom stereocenters. The summed E-state index contributed by atoms with van der Waals surface area (Å²) in [5.41, 5.74) is 1.54. The van der Waals surface area contributed by atoms with Gasteiger partial charge in [0.2, 0.25) is 0 Å². The predicted molar refractivity (Wildman–Crippen MR) is 105 cm³/mol. The Hall–Kier alpha value is -2.63. The number of aromatic nitrogens is 5. The Kier molecular flexibility index (Phi) is 4.96. The van der Waals surface area contributed by atoms with Gasteiger partial charge < -0.3 is 4.90 Å². The summed E-state index contributed by atoms with van der Waals surface area (Å²) < 4.78 is 29.3. The molecule has 0 saturated carbocycles. The zero-order chi connectivity index (χ0) is 19.7. The van der Waals surface area contributed by atoms with Crippen molar-refractivity contribution < 1.29 is 8.42 Å². The molecular weight excluding hydrogens is 380 g/mol. The first-order valence-electron chi connectivity index (χ1n) is 9.02. The zero-order valence-electron chi connectivity index (χ0n) is 15.8. The van der Waals surface area contributed by atoms with Gasteiger partial charge in [0.15, 0.2) is 11.5 Å². The van der Waals surface area contributed by atoms with Crippen molar-refractivity contribution in [2.75, 3.05) is 45.2 Å². The third kappa shape index (κ3) is 3.43. The number of nitrogens with zero attached hydrogens (tertiary/aromatic N) is 8. The van der Waals surface area contributed by atoms with Crippen molar-refractivity contribution in [3.8, 4) is 11.4 Å². The van der Waals surface area contributed by atoms with Crippen LogP contribution in [-0.4, -0.2) is 82.1 Å². The summed E-state index contributed by atoms with van der Waals surface area (Å²) in [6, 6.07) is 7.50. The van der Waals surface area contributed by atoms with Crippen LogP contribution < -0.4 is 4.90 Å². The summed E-state index contributed by atoms with van der Waals surface area (Å²) in [5, 5.41) is 13.1. The maximum atomic E-state index is 12.4. The average Bonchev–Trinajstić information content (AvgIpc) is 2.95. The first-order chi connectivity index (χ1) is 13.5. The molecule has 1 aliphatic heterocycles. The zero-order valence-corrected chi connectivity index (χ0v) is 16.6. The first-order valence-corrected chi connectivity index (χ1v) is 10.4. The van der Waals surface area contributed by atoms with E-state index in [1.807, 2.05) is 24.3 Å². The molecule has 28 heavy (non-hydrogen) atoms. The molecule has 0 radical (unpaired) electrons. The molecule has 0 spiro atoms. The third-order valence-corrected chi connectivity index (χ3v) is 6.69. The number of hydrogen-bond acceptors (Lipinski definition) is 7. The highest BCUT2D eigenvalue weighted by atomic mass is 32.2. The molecule has 0 bridgehead atoms. The smallest absolute Gasteiger partial charge is 0.281 e. The molecule has 10 nitrogen and oxygen atoms in total. The summed E-state index contributed by atoms with van der Waals surface area (Å²) in [4.78, 5) is 6.13.